The van der Waals surface area contributed by atoms with Crippen molar-refractivity contribution in [3.63, 3.8) is 0 Å². The van der Waals surface area contributed by atoms with E-state index in [1.165, 1.54) is 47.4 Å². The number of rotatable bonds is 5. The van der Waals surface area contributed by atoms with Gasteiger partial charge in [0.15, 0.2) is 4.34 Å². The number of hydrogen-bond donors (Lipinski definition) is 1. The molecule has 9 heteroatoms. The lowest BCUT2D eigenvalue weighted by atomic mass is 10.3. The molecule has 1 atom stereocenters. The molecule has 0 spiro atoms. The molecule has 0 saturated carbocycles. The van der Waals surface area contributed by atoms with Gasteiger partial charge in [0.25, 0.3) is 5.69 Å². The number of hydrogen-bond acceptors (Lipinski definition) is 7. The summed E-state index contributed by atoms with van der Waals surface area (Å²) in [5.74, 6) is -0.195. The lowest BCUT2D eigenvalue weighted by Gasteiger charge is -2.09. The summed E-state index contributed by atoms with van der Waals surface area (Å²) >= 11 is 2.68. The van der Waals surface area contributed by atoms with E-state index in [0.717, 1.165) is 4.34 Å². The molecular formula is C11H10N4O3S2. The van der Waals surface area contributed by atoms with Gasteiger partial charge in [0, 0.05) is 17.8 Å². The number of aromatic nitrogens is 2. The summed E-state index contributed by atoms with van der Waals surface area (Å²) in [6.07, 6.45) is 0. The van der Waals surface area contributed by atoms with Crippen LogP contribution in [0.5, 0.6) is 0 Å². The molecule has 1 aromatic carbocycles. The summed E-state index contributed by atoms with van der Waals surface area (Å²) in [6.45, 7) is 1.76. The first-order valence-corrected chi connectivity index (χ1v) is 7.30. The first kappa shape index (κ1) is 14.4. The zero-order chi connectivity index (χ0) is 14.5. The van der Waals surface area contributed by atoms with Crippen LogP contribution >= 0.6 is 23.1 Å². The average Bonchev–Trinajstić information content (AvgIpc) is 2.92. The van der Waals surface area contributed by atoms with Gasteiger partial charge in [-0.15, -0.1) is 10.2 Å². The molecule has 7 nitrogen and oxygen atoms in total. The highest BCUT2D eigenvalue weighted by molar-refractivity contribution is 8.02. The van der Waals surface area contributed by atoms with Gasteiger partial charge in [-0.3, -0.25) is 14.9 Å². The maximum atomic E-state index is 11.9. The van der Waals surface area contributed by atoms with Crippen LogP contribution in [-0.4, -0.2) is 26.3 Å². The number of anilines is 1. The smallest absolute Gasteiger partial charge is 0.269 e. The van der Waals surface area contributed by atoms with Crippen molar-refractivity contribution >= 4 is 40.4 Å². The summed E-state index contributed by atoms with van der Waals surface area (Å²) in [6, 6.07) is 5.69. The molecule has 2 rings (SSSR count). The summed E-state index contributed by atoms with van der Waals surface area (Å²) in [4.78, 5) is 22.0. The Bertz CT molecular complexity index is 601. The zero-order valence-electron chi connectivity index (χ0n) is 10.3. The first-order valence-electron chi connectivity index (χ1n) is 5.54. The highest BCUT2D eigenvalue weighted by atomic mass is 32.2. The van der Waals surface area contributed by atoms with Crippen LogP contribution in [0.2, 0.25) is 0 Å². The van der Waals surface area contributed by atoms with Gasteiger partial charge >= 0.3 is 0 Å². The van der Waals surface area contributed by atoms with E-state index in [-0.39, 0.29) is 16.8 Å². The van der Waals surface area contributed by atoms with E-state index in [1.54, 1.807) is 12.4 Å². The maximum Gasteiger partial charge on any atom is 0.269 e. The molecule has 1 amide bonds. The highest BCUT2D eigenvalue weighted by Gasteiger charge is 2.16. The van der Waals surface area contributed by atoms with Crippen LogP contribution in [0.15, 0.2) is 34.1 Å². The second-order valence-electron chi connectivity index (χ2n) is 3.76. The third kappa shape index (κ3) is 3.75. The highest BCUT2D eigenvalue weighted by Crippen LogP contribution is 2.25. The van der Waals surface area contributed by atoms with E-state index in [9.17, 15) is 14.9 Å². The van der Waals surface area contributed by atoms with Crippen LogP contribution in [0, 0.1) is 10.1 Å². The van der Waals surface area contributed by atoms with Crippen LogP contribution < -0.4 is 5.32 Å². The Morgan fingerprint density at radius 3 is 2.70 bits per heavy atom. The summed E-state index contributed by atoms with van der Waals surface area (Å²) in [5.41, 5.74) is 2.10. The third-order valence-electron chi connectivity index (χ3n) is 2.33. The molecule has 0 aliphatic heterocycles. The van der Waals surface area contributed by atoms with Crippen LogP contribution in [-0.2, 0) is 4.79 Å². The van der Waals surface area contributed by atoms with Crippen molar-refractivity contribution in [2.24, 2.45) is 0 Å². The molecule has 0 saturated heterocycles. The fourth-order valence-corrected chi connectivity index (χ4v) is 2.96. The lowest BCUT2D eigenvalue weighted by molar-refractivity contribution is -0.384. The van der Waals surface area contributed by atoms with Gasteiger partial charge in [0.1, 0.15) is 5.51 Å². The molecule has 1 unspecified atom stereocenters. The van der Waals surface area contributed by atoms with E-state index >= 15 is 0 Å². The van der Waals surface area contributed by atoms with Crippen molar-refractivity contribution in [1.82, 2.24) is 10.2 Å². The molecule has 0 aliphatic carbocycles. The Balaban J connectivity index is 1.95. The third-order valence-corrected chi connectivity index (χ3v) is 4.24. The Morgan fingerprint density at radius 1 is 1.45 bits per heavy atom. The van der Waals surface area contributed by atoms with Gasteiger partial charge in [-0.1, -0.05) is 23.1 Å². The largest absolute Gasteiger partial charge is 0.325 e. The monoisotopic (exact) mass is 310 g/mol. The van der Waals surface area contributed by atoms with Crippen LogP contribution in [0.3, 0.4) is 0 Å². The number of nitrogens with one attached hydrogen (secondary N) is 1. The minimum Gasteiger partial charge on any atom is -0.325 e. The number of nitrogens with zero attached hydrogens (tertiary/aromatic N) is 3. The Labute approximate surface area is 122 Å². The number of nitro benzene ring substituents is 1. The standard InChI is InChI=1S/C11H10N4O3S2/c1-7(20-11-14-12-6-19-11)10(16)13-8-2-4-9(5-3-8)15(17)18/h2-7H,1H3,(H,13,16). The number of nitro groups is 1. The van der Waals surface area contributed by atoms with E-state index in [0.29, 0.717) is 5.69 Å². The quantitative estimate of drug-likeness (QED) is 0.518. The van der Waals surface area contributed by atoms with Crippen LogP contribution in [0.25, 0.3) is 0 Å². The molecule has 1 heterocycles. The van der Waals surface area contributed by atoms with Crippen molar-refractivity contribution in [1.29, 1.82) is 0 Å². The number of carbonyl (C=O) groups excluding carboxylic acids is 1. The minimum atomic E-state index is -0.487. The molecule has 0 bridgehead atoms. The molecule has 0 radical (unpaired) electrons. The Hall–Kier alpha value is -2.00. The summed E-state index contributed by atoms with van der Waals surface area (Å²) < 4.78 is 0.719. The predicted molar refractivity (Wildman–Crippen MR) is 77.0 cm³/mol. The van der Waals surface area contributed by atoms with Gasteiger partial charge < -0.3 is 5.32 Å². The topological polar surface area (TPSA) is 98.0 Å². The van der Waals surface area contributed by atoms with Gasteiger partial charge in [0.05, 0.1) is 10.2 Å². The summed E-state index contributed by atoms with van der Waals surface area (Å²) in [7, 11) is 0. The molecule has 2 aromatic rings. The Morgan fingerprint density at radius 2 is 2.15 bits per heavy atom. The molecular weight excluding hydrogens is 300 g/mol. The average molecular weight is 310 g/mol. The van der Waals surface area contributed by atoms with Gasteiger partial charge in [-0.25, -0.2) is 0 Å². The zero-order valence-corrected chi connectivity index (χ0v) is 12.0. The lowest BCUT2D eigenvalue weighted by Crippen LogP contribution is -2.22. The first-order chi connectivity index (χ1) is 9.56. The molecule has 0 aliphatic rings. The SMILES string of the molecule is CC(Sc1nncs1)C(=O)Nc1ccc([N+](=O)[O-])cc1. The fraction of sp³-hybridized carbons (Fsp3) is 0.182. The van der Waals surface area contributed by atoms with E-state index < -0.39 is 4.92 Å². The van der Waals surface area contributed by atoms with E-state index in [4.69, 9.17) is 0 Å². The fourth-order valence-electron chi connectivity index (χ4n) is 1.33. The van der Waals surface area contributed by atoms with Gasteiger partial charge in [-0.2, -0.15) is 0 Å². The van der Waals surface area contributed by atoms with Crippen molar-refractivity contribution in [2.45, 2.75) is 16.5 Å². The number of carbonyl (C=O) groups is 1. The number of thioether (sulfide) groups is 1. The molecule has 0 fully saturated rings. The van der Waals surface area contributed by atoms with E-state index in [1.807, 2.05) is 0 Å². The van der Waals surface area contributed by atoms with E-state index in [2.05, 4.69) is 15.5 Å². The molecule has 1 aromatic heterocycles. The van der Waals surface area contributed by atoms with Crippen LogP contribution in [0.4, 0.5) is 11.4 Å². The number of benzene rings is 1. The van der Waals surface area contributed by atoms with Crippen molar-refractivity contribution < 1.29 is 9.72 Å². The normalized spacial score (nSPS) is 11.8. The molecule has 20 heavy (non-hydrogen) atoms. The summed E-state index contributed by atoms with van der Waals surface area (Å²) in [5, 5.41) is 20.4. The second-order valence-corrected chi connectivity index (χ2v) is 6.18. The van der Waals surface area contributed by atoms with Crippen molar-refractivity contribution in [2.75, 3.05) is 5.32 Å². The number of non-ortho nitro benzene ring substituents is 1. The van der Waals surface area contributed by atoms with Crippen molar-refractivity contribution in [3.8, 4) is 0 Å². The molecule has 1 N–H and O–H groups in total. The van der Waals surface area contributed by atoms with Crippen LogP contribution in [0.1, 0.15) is 6.92 Å². The minimum absolute atomic E-state index is 0.0146. The number of amides is 1. The Kier molecular flexibility index (Phi) is 4.64. The molecule has 104 valence electrons. The maximum absolute atomic E-state index is 11.9. The van der Waals surface area contributed by atoms with Gasteiger partial charge in [-0.05, 0) is 19.1 Å². The van der Waals surface area contributed by atoms with Crippen molar-refractivity contribution in [3.05, 3.63) is 39.9 Å². The predicted octanol–water partition coefficient (Wildman–Crippen LogP) is 2.57. The van der Waals surface area contributed by atoms with Gasteiger partial charge in [0.2, 0.25) is 5.91 Å². The second kappa shape index (κ2) is 6.44.